The van der Waals surface area contributed by atoms with Gasteiger partial charge in [0.05, 0.1) is 23.1 Å². The molecule has 22 heavy (non-hydrogen) atoms. The average molecular weight is 314 g/mol. The Balaban J connectivity index is 2.11. The van der Waals surface area contributed by atoms with Gasteiger partial charge in [0, 0.05) is 10.6 Å². The van der Waals surface area contributed by atoms with Crippen molar-refractivity contribution in [2.24, 2.45) is 0 Å². The fourth-order valence-electron chi connectivity index (χ4n) is 2.20. The number of aromatic nitrogens is 3. The van der Waals surface area contributed by atoms with Crippen LogP contribution in [0.2, 0.25) is 5.02 Å². The van der Waals surface area contributed by atoms with Crippen molar-refractivity contribution in [2.45, 2.75) is 6.92 Å². The highest BCUT2D eigenvalue weighted by Crippen LogP contribution is 2.26. The van der Waals surface area contributed by atoms with Crippen LogP contribution >= 0.6 is 11.6 Å². The first-order valence-corrected chi connectivity index (χ1v) is 6.95. The molecule has 0 amide bonds. The summed E-state index contributed by atoms with van der Waals surface area (Å²) in [6, 6.07) is 12.2. The van der Waals surface area contributed by atoms with Gasteiger partial charge in [-0.2, -0.15) is 0 Å². The lowest BCUT2D eigenvalue weighted by atomic mass is 10.1. The van der Waals surface area contributed by atoms with Gasteiger partial charge in [-0.3, -0.25) is 0 Å². The van der Waals surface area contributed by atoms with E-state index in [2.05, 4.69) is 10.3 Å². The maximum atomic E-state index is 11.1. The monoisotopic (exact) mass is 313 g/mol. The van der Waals surface area contributed by atoms with Gasteiger partial charge >= 0.3 is 5.97 Å². The molecule has 0 radical (unpaired) electrons. The summed E-state index contributed by atoms with van der Waals surface area (Å²) in [7, 11) is 0. The van der Waals surface area contributed by atoms with E-state index < -0.39 is 5.97 Å². The molecule has 0 fully saturated rings. The van der Waals surface area contributed by atoms with E-state index in [1.54, 1.807) is 29.1 Å². The average Bonchev–Trinajstić information content (AvgIpc) is 2.99. The quantitative estimate of drug-likeness (QED) is 0.802. The van der Waals surface area contributed by atoms with Crippen molar-refractivity contribution < 1.29 is 9.90 Å². The van der Waals surface area contributed by atoms with Crippen molar-refractivity contribution in [3.8, 4) is 16.9 Å². The summed E-state index contributed by atoms with van der Waals surface area (Å²) in [5.74, 6) is -0.981. The number of halogens is 1. The molecule has 0 saturated carbocycles. The van der Waals surface area contributed by atoms with E-state index in [9.17, 15) is 4.79 Å². The molecule has 0 unspecified atom stereocenters. The van der Waals surface area contributed by atoms with Crippen LogP contribution in [0.4, 0.5) is 0 Å². The van der Waals surface area contributed by atoms with Crippen molar-refractivity contribution in [3.05, 3.63) is 64.8 Å². The van der Waals surface area contributed by atoms with Crippen molar-refractivity contribution in [3.63, 3.8) is 0 Å². The van der Waals surface area contributed by atoms with E-state index in [-0.39, 0.29) is 5.56 Å². The number of carboxylic acids is 1. The number of aromatic carboxylic acids is 1. The van der Waals surface area contributed by atoms with Crippen molar-refractivity contribution in [1.82, 2.24) is 15.0 Å². The number of carbonyl (C=O) groups is 1. The molecule has 0 spiro atoms. The molecule has 0 saturated heterocycles. The molecule has 0 aliphatic rings. The van der Waals surface area contributed by atoms with Gasteiger partial charge in [0.2, 0.25) is 0 Å². The van der Waals surface area contributed by atoms with Crippen LogP contribution in [-0.4, -0.2) is 26.1 Å². The molecule has 110 valence electrons. The fourth-order valence-corrected chi connectivity index (χ4v) is 2.31. The van der Waals surface area contributed by atoms with E-state index in [4.69, 9.17) is 16.7 Å². The lowest BCUT2D eigenvalue weighted by molar-refractivity contribution is 0.0697. The largest absolute Gasteiger partial charge is 0.478 e. The number of rotatable bonds is 3. The maximum absolute atomic E-state index is 11.1. The van der Waals surface area contributed by atoms with Crippen LogP contribution in [0.25, 0.3) is 16.9 Å². The zero-order chi connectivity index (χ0) is 15.7. The number of carboxylic acid groups (broad SMARTS) is 1. The number of hydrogen-bond acceptors (Lipinski definition) is 3. The SMILES string of the molecule is Cc1cc(-c2cnnn2-c2cccc(C(=O)O)c2)ccc1Cl. The van der Waals surface area contributed by atoms with Gasteiger partial charge in [-0.1, -0.05) is 28.9 Å². The first-order chi connectivity index (χ1) is 10.6. The highest BCUT2D eigenvalue weighted by molar-refractivity contribution is 6.31. The van der Waals surface area contributed by atoms with Crippen molar-refractivity contribution >= 4 is 17.6 Å². The van der Waals surface area contributed by atoms with Crippen LogP contribution in [0.15, 0.2) is 48.7 Å². The first-order valence-electron chi connectivity index (χ1n) is 6.57. The summed E-state index contributed by atoms with van der Waals surface area (Å²) >= 11 is 6.05. The summed E-state index contributed by atoms with van der Waals surface area (Å²) in [6.45, 7) is 1.92. The predicted octanol–water partition coefficient (Wildman–Crippen LogP) is 3.59. The minimum atomic E-state index is -0.981. The minimum absolute atomic E-state index is 0.200. The lowest BCUT2D eigenvalue weighted by Gasteiger charge is -2.08. The van der Waals surface area contributed by atoms with E-state index >= 15 is 0 Å². The number of nitrogens with zero attached hydrogens (tertiary/aromatic N) is 3. The Morgan fingerprint density at radius 2 is 2.05 bits per heavy atom. The Hall–Kier alpha value is -2.66. The van der Waals surface area contributed by atoms with Gasteiger partial charge in [-0.25, -0.2) is 9.48 Å². The van der Waals surface area contributed by atoms with Crippen LogP contribution in [0.3, 0.4) is 0 Å². The molecule has 0 aliphatic heterocycles. The molecule has 0 atom stereocenters. The Morgan fingerprint density at radius 1 is 1.23 bits per heavy atom. The minimum Gasteiger partial charge on any atom is -0.478 e. The maximum Gasteiger partial charge on any atom is 0.335 e. The topological polar surface area (TPSA) is 68.0 Å². The van der Waals surface area contributed by atoms with Crippen LogP contribution in [-0.2, 0) is 0 Å². The third-order valence-electron chi connectivity index (χ3n) is 3.34. The van der Waals surface area contributed by atoms with Gasteiger partial charge in [-0.15, -0.1) is 5.10 Å². The molecule has 6 heteroatoms. The van der Waals surface area contributed by atoms with Gasteiger partial charge in [0.25, 0.3) is 0 Å². The Labute approximate surface area is 131 Å². The third kappa shape index (κ3) is 2.58. The second-order valence-electron chi connectivity index (χ2n) is 4.85. The summed E-state index contributed by atoms with van der Waals surface area (Å²) < 4.78 is 1.61. The molecular weight excluding hydrogens is 302 g/mol. The molecule has 1 N–H and O–H groups in total. The van der Waals surface area contributed by atoms with Crippen LogP contribution in [0.5, 0.6) is 0 Å². The number of hydrogen-bond donors (Lipinski definition) is 1. The lowest BCUT2D eigenvalue weighted by Crippen LogP contribution is -2.02. The van der Waals surface area contributed by atoms with Gasteiger partial charge in [-0.05, 0) is 42.8 Å². The summed E-state index contributed by atoms with van der Waals surface area (Å²) in [5, 5.41) is 17.8. The Bertz CT molecular complexity index is 858. The molecule has 0 aliphatic carbocycles. The van der Waals surface area contributed by atoms with E-state index in [0.717, 1.165) is 16.8 Å². The third-order valence-corrected chi connectivity index (χ3v) is 3.76. The highest BCUT2D eigenvalue weighted by atomic mass is 35.5. The molecule has 1 heterocycles. The normalized spacial score (nSPS) is 10.6. The van der Waals surface area contributed by atoms with Crippen molar-refractivity contribution in [1.29, 1.82) is 0 Å². The highest BCUT2D eigenvalue weighted by Gasteiger charge is 2.11. The first kappa shape index (κ1) is 14.3. The van der Waals surface area contributed by atoms with E-state index in [0.29, 0.717) is 10.7 Å². The zero-order valence-corrected chi connectivity index (χ0v) is 12.4. The molecule has 3 aromatic rings. The molecular formula is C16H12ClN3O2. The molecule has 0 bridgehead atoms. The van der Waals surface area contributed by atoms with Crippen LogP contribution < -0.4 is 0 Å². The summed E-state index contributed by atoms with van der Waals surface area (Å²) in [5.41, 5.74) is 3.47. The second-order valence-corrected chi connectivity index (χ2v) is 5.26. The zero-order valence-electron chi connectivity index (χ0n) is 11.7. The van der Waals surface area contributed by atoms with Crippen molar-refractivity contribution in [2.75, 3.05) is 0 Å². The molecule has 2 aromatic carbocycles. The predicted molar refractivity (Wildman–Crippen MR) is 83.5 cm³/mol. The number of benzene rings is 2. The second kappa shape index (κ2) is 5.61. The van der Waals surface area contributed by atoms with Gasteiger partial charge < -0.3 is 5.11 Å². The Kier molecular flexibility index (Phi) is 3.65. The van der Waals surface area contributed by atoms with Crippen LogP contribution in [0.1, 0.15) is 15.9 Å². The van der Waals surface area contributed by atoms with Gasteiger partial charge in [0.15, 0.2) is 0 Å². The molecule has 1 aromatic heterocycles. The fraction of sp³-hybridized carbons (Fsp3) is 0.0625. The Morgan fingerprint density at radius 3 is 2.77 bits per heavy atom. The van der Waals surface area contributed by atoms with E-state index in [1.807, 2.05) is 25.1 Å². The molecule has 3 rings (SSSR count). The van der Waals surface area contributed by atoms with Gasteiger partial charge in [0.1, 0.15) is 0 Å². The van der Waals surface area contributed by atoms with E-state index in [1.165, 1.54) is 6.07 Å². The number of aryl methyl sites for hydroxylation is 1. The summed E-state index contributed by atoms with van der Waals surface area (Å²) in [6.07, 6.45) is 1.64. The molecule has 5 nitrogen and oxygen atoms in total. The smallest absolute Gasteiger partial charge is 0.335 e. The van der Waals surface area contributed by atoms with Crippen LogP contribution in [0, 0.1) is 6.92 Å². The summed E-state index contributed by atoms with van der Waals surface area (Å²) in [4.78, 5) is 11.1. The standard InChI is InChI=1S/C16H12ClN3O2/c1-10-7-11(5-6-14(10)17)15-9-18-19-20(15)13-4-2-3-12(8-13)16(21)22/h2-9H,1H3,(H,21,22).